The molecule has 0 saturated heterocycles. The number of nitrogens with zero attached hydrogens (tertiary/aromatic N) is 1. The molecule has 0 spiro atoms. The van der Waals surface area contributed by atoms with Crippen LogP contribution in [0.2, 0.25) is 0 Å². The number of anilines is 2. The molecule has 0 aliphatic heterocycles. The van der Waals surface area contributed by atoms with Gasteiger partial charge in [-0.05, 0) is 78.7 Å². The van der Waals surface area contributed by atoms with E-state index >= 15 is 0 Å². The van der Waals surface area contributed by atoms with E-state index in [1.807, 2.05) is 0 Å². The molecule has 0 aromatic heterocycles. The van der Waals surface area contributed by atoms with Gasteiger partial charge in [0, 0.05) is 10.2 Å². The molecule has 3 aromatic rings. The third-order valence-electron chi connectivity index (χ3n) is 4.92. The highest BCUT2D eigenvalue weighted by atomic mass is 79.9. The van der Waals surface area contributed by atoms with Crippen molar-refractivity contribution in [1.82, 2.24) is 5.43 Å². The molecular formula is C27H26BrFN4O5. The summed E-state index contributed by atoms with van der Waals surface area (Å²) in [5.41, 5.74) is 3.27. The third-order valence-corrected chi connectivity index (χ3v) is 5.41. The van der Waals surface area contributed by atoms with E-state index in [2.05, 4.69) is 44.0 Å². The Balaban J connectivity index is 1.40. The first-order valence-electron chi connectivity index (χ1n) is 11.7. The molecule has 0 aliphatic rings. The Labute approximate surface area is 227 Å². The third kappa shape index (κ3) is 9.32. The van der Waals surface area contributed by atoms with E-state index in [0.29, 0.717) is 33.8 Å². The fraction of sp³-hybridized carbons (Fsp3) is 0.185. The Morgan fingerprint density at radius 3 is 2.29 bits per heavy atom. The van der Waals surface area contributed by atoms with Crippen molar-refractivity contribution in [2.24, 2.45) is 5.10 Å². The predicted octanol–water partition coefficient (Wildman–Crippen LogP) is 4.87. The van der Waals surface area contributed by atoms with Crippen LogP contribution in [0.25, 0.3) is 0 Å². The van der Waals surface area contributed by atoms with Crippen LogP contribution in [0.1, 0.15) is 25.3 Å². The second kappa shape index (κ2) is 14.5. The fourth-order valence-electron chi connectivity index (χ4n) is 2.95. The van der Waals surface area contributed by atoms with Gasteiger partial charge in [0.25, 0.3) is 5.91 Å². The summed E-state index contributed by atoms with van der Waals surface area (Å²) in [7, 11) is 0. The van der Waals surface area contributed by atoms with Crippen LogP contribution >= 0.6 is 15.9 Å². The van der Waals surface area contributed by atoms with Gasteiger partial charge >= 0.3 is 11.8 Å². The van der Waals surface area contributed by atoms with Crippen molar-refractivity contribution < 1.29 is 28.2 Å². The number of ether oxygens (including phenoxy) is 2. The highest BCUT2D eigenvalue weighted by Crippen LogP contribution is 2.19. The summed E-state index contributed by atoms with van der Waals surface area (Å²) < 4.78 is 25.3. The summed E-state index contributed by atoms with van der Waals surface area (Å²) in [6.45, 7) is 2.37. The molecule has 0 bridgehead atoms. The van der Waals surface area contributed by atoms with Gasteiger partial charge in [0.2, 0.25) is 0 Å². The zero-order valence-electron chi connectivity index (χ0n) is 20.5. The number of hydrazone groups is 1. The van der Waals surface area contributed by atoms with Gasteiger partial charge in [-0.15, -0.1) is 0 Å². The van der Waals surface area contributed by atoms with Gasteiger partial charge in [-0.1, -0.05) is 29.3 Å². The molecule has 0 fully saturated rings. The molecule has 3 amide bonds. The van der Waals surface area contributed by atoms with Crippen molar-refractivity contribution in [3.8, 4) is 11.5 Å². The Kier molecular flexibility index (Phi) is 10.8. The van der Waals surface area contributed by atoms with Gasteiger partial charge in [-0.25, -0.2) is 9.82 Å². The van der Waals surface area contributed by atoms with Crippen LogP contribution in [-0.2, 0) is 14.4 Å². The van der Waals surface area contributed by atoms with E-state index in [1.54, 1.807) is 54.6 Å². The molecule has 0 unspecified atom stereocenters. The molecule has 0 saturated carbocycles. The standard InChI is InChI=1S/C27H26BrFN4O5/c1-2-3-14-37-21-11-7-20(8-12-21)31-26(35)27(36)33-30-16-18-4-9-22(10-5-18)38-17-25(34)32-24-13-6-19(28)15-23(24)29/h4-13,15-16H,2-3,14,17H2,1H3,(H,31,35)(H,32,34)(H,33,36)/b30-16-. The second-order valence-electron chi connectivity index (χ2n) is 7.91. The van der Waals surface area contributed by atoms with Gasteiger partial charge in [-0.3, -0.25) is 14.4 Å². The minimum Gasteiger partial charge on any atom is -0.494 e. The van der Waals surface area contributed by atoms with Gasteiger partial charge in [0.15, 0.2) is 6.61 Å². The number of hydrogen-bond donors (Lipinski definition) is 3. The average Bonchev–Trinajstić information content (AvgIpc) is 2.91. The van der Waals surface area contributed by atoms with Crippen molar-refractivity contribution in [2.75, 3.05) is 23.8 Å². The highest BCUT2D eigenvalue weighted by molar-refractivity contribution is 9.10. The summed E-state index contributed by atoms with van der Waals surface area (Å²) in [5.74, 6) is -1.80. The summed E-state index contributed by atoms with van der Waals surface area (Å²) >= 11 is 3.15. The predicted molar refractivity (Wildman–Crippen MR) is 146 cm³/mol. The largest absolute Gasteiger partial charge is 0.494 e. The molecule has 38 heavy (non-hydrogen) atoms. The maximum atomic E-state index is 13.8. The lowest BCUT2D eigenvalue weighted by molar-refractivity contribution is -0.136. The highest BCUT2D eigenvalue weighted by Gasteiger charge is 2.13. The topological polar surface area (TPSA) is 118 Å². The molecule has 11 heteroatoms. The molecule has 198 valence electrons. The number of hydrogen-bond acceptors (Lipinski definition) is 6. The first kappa shape index (κ1) is 28.3. The summed E-state index contributed by atoms with van der Waals surface area (Å²) in [4.78, 5) is 36.1. The zero-order chi connectivity index (χ0) is 27.3. The summed E-state index contributed by atoms with van der Waals surface area (Å²) in [5, 5.41) is 8.69. The van der Waals surface area contributed by atoms with Crippen LogP contribution in [-0.4, -0.2) is 37.1 Å². The zero-order valence-corrected chi connectivity index (χ0v) is 22.1. The molecular weight excluding hydrogens is 559 g/mol. The van der Waals surface area contributed by atoms with E-state index in [1.165, 1.54) is 18.3 Å². The van der Waals surface area contributed by atoms with Crippen LogP contribution in [0.4, 0.5) is 15.8 Å². The summed E-state index contributed by atoms with van der Waals surface area (Å²) in [6, 6.07) is 17.5. The Bertz CT molecular complexity index is 1280. The van der Waals surface area contributed by atoms with Crippen molar-refractivity contribution in [2.45, 2.75) is 19.8 Å². The minimum absolute atomic E-state index is 0.0504. The van der Waals surface area contributed by atoms with Gasteiger partial charge in [0.05, 0.1) is 18.5 Å². The Morgan fingerprint density at radius 1 is 0.921 bits per heavy atom. The van der Waals surface area contributed by atoms with Crippen LogP contribution in [0.5, 0.6) is 11.5 Å². The van der Waals surface area contributed by atoms with Crippen molar-refractivity contribution >= 4 is 51.2 Å². The number of nitrogens with one attached hydrogen (secondary N) is 3. The lowest BCUT2D eigenvalue weighted by Gasteiger charge is -2.08. The molecule has 3 aromatic carbocycles. The lowest BCUT2D eigenvalue weighted by Crippen LogP contribution is -2.32. The van der Waals surface area contributed by atoms with E-state index in [-0.39, 0.29) is 12.3 Å². The van der Waals surface area contributed by atoms with Crippen molar-refractivity contribution in [3.63, 3.8) is 0 Å². The number of carbonyl (C=O) groups excluding carboxylic acids is 3. The van der Waals surface area contributed by atoms with Gasteiger partial charge in [-0.2, -0.15) is 5.10 Å². The van der Waals surface area contributed by atoms with Gasteiger partial charge < -0.3 is 20.1 Å². The second-order valence-corrected chi connectivity index (χ2v) is 8.83. The van der Waals surface area contributed by atoms with Gasteiger partial charge in [0.1, 0.15) is 17.3 Å². The number of benzene rings is 3. The number of rotatable bonds is 11. The van der Waals surface area contributed by atoms with Crippen LogP contribution in [0, 0.1) is 5.82 Å². The van der Waals surface area contributed by atoms with Crippen LogP contribution in [0.15, 0.2) is 76.3 Å². The van der Waals surface area contributed by atoms with Crippen LogP contribution in [0.3, 0.4) is 0 Å². The molecule has 9 nitrogen and oxygen atoms in total. The summed E-state index contributed by atoms with van der Waals surface area (Å²) in [6.07, 6.45) is 3.33. The fourth-order valence-corrected chi connectivity index (χ4v) is 3.28. The number of halogens is 2. The molecule has 0 atom stereocenters. The SMILES string of the molecule is CCCCOc1ccc(NC(=O)C(=O)N/N=C\c2ccc(OCC(=O)Nc3ccc(Br)cc3F)cc2)cc1. The molecule has 0 heterocycles. The van der Waals surface area contributed by atoms with E-state index in [0.717, 1.165) is 12.8 Å². The average molecular weight is 585 g/mol. The number of amides is 3. The van der Waals surface area contributed by atoms with Crippen molar-refractivity contribution in [1.29, 1.82) is 0 Å². The number of carbonyl (C=O) groups is 3. The van der Waals surface area contributed by atoms with E-state index < -0.39 is 23.5 Å². The molecule has 0 aliphatic carbocycles. The monoisotopic (exact) mass is 584 g/mol. The maximum absolute atomic E-state index is 13.8. The van der Waals surface area contributed by atoms with E-state index in [9.17, 15) is 18.8 Å². The Morgan fingerprint density at radius 2 is 1.61 bits per heavy atom. The maximum Gasteiger partial charge on any atom is 0.329 e. The van der Waals surface area contributed by atoms with Crippen LogP contribution < -0.4 is 25.5 Å². The molecule has 0 radical (unpaired) electrons. The smallest absolute Gasteiger partial charge is 0.329 e. The normalized spacial score (nSPS) is 10.6. The van der Waals surface area contributed by atoms with E-state index in [4.69, 9.17) is 9.47 Å². The first-order valence-corrected chi connectivity index (χ1v) is 12.5. The van der Waals surface area contributed by atoms with Crippen molar-refractivity contribution in [3.05, 3.63) is 82.6 Å². The molecule has 3 N–H and O–H groups in total. The Hall–Kier alpha value is -4.25. The quantitative estimate of drug-likeness (QED) is 0.128. The number of unbranched alkanes of at least 4 members (excludes halogenated alkanes) is 1. The first-order chi connectivity index (χ1) is 18.3. The lowest BCUT2D eigenvalue weighted by atomic mass is 10.2. The molecule has 3 rings (SSSR count). The minimum atomic E-state index is -0.933.